The lowest BCUT2D eigenvalue weighted by molar-refractivity contribution is -0.147. The number of fused-ring (bicyclic) bond motifs is 1. The van der Waals surface area contributed by atoms with Gasteiger partial charge in [-0.15, -0.1) is 0 Å². The maximum absolute atomic E-state index is 13.0. The normalized spacial score (nSPS) is 17.5. The van der Waals surface area contributed by atoms with Crippen LogP contribution in [-0.4, -0.2) is 74.6 Å². The van der Waals surface area contributed by atoms with E-state index in [1.807, 2.05) is 19.1 Å². The fraction of sp³-hybridized carbons (Fsp3) is 0.571. The SMILES string of the molecule is CCOC(=O)C(CC)NC(=O)CN1CCc2ccc(N3CCNCC3)cc2C1=O. The maximum Gasteiger partial charge on any atom is 0.328 e. The van der Waals surface area contributed by atoms with E-state index in [0.29, 0.717) is 24.9 Å². The van der Waals surface area contributed by atoms with Crippen molar-refractivity contribution in [2.75, 3.05) is 50.8 Å². The van der Waals surface area contributed by atoms with Crippen LogP contribution in [0.15, 0.2) is 18.2 Å². The summed E-state index contributed by atoms with van der Waals surface area (Å²) in [7, 11) is 0. The number of amides is 2. The minimum atomic E-state index is -0.686. The Morgan fingerprint density at radius 1 is 1.21 bits per heavy atom. The number of carbonyl (C=O) groups is 3. The molecule has 0 saturated carbocycles. The molecule has 1 fully saturated rings. The van der Waals surface area contributed by atoms with E-state index in [2.05, 4.69) is 21.6 Å². The standard InChI is InChI=1S/C21H30N4O4/c1-3-18(21(28)29-4-2)23-19(26)14-25-10-7-15-5-6-16(13-17(15)20(25)27)24-11-8-22-9-12-24/h5-6,13,18,22H,3-4,7-12,14H2,1-2H3,(H,23,26). The van der Waals surface area contributed by atoms with Crippen LogP contribution < -0.4 is 15.5 Å². The van der Waals surface area contributed by atoms with Crippen LogP contribution in [0, 0.1) is 0 Å². The predicted octanol–water partition coefficient (Wildman–Crippen LogP) is 0.552. The summed E-state index contributed by atoms with van der Waals surface area (Å²) in [6.45, 7) is 7.90. The molecule has 2 heterocycles. The molecule has 0 radical (unpaired) electrons. The van der Waals surface area contributed by atoms with Gasteiger partial charge in [0.05, 0.1) is 13.2 Å². The molecule has 2 N–H and O–H groups in total. The first-order valence-electron chi connectivity index (χ1n) is 10.4. The molecular formula is C21H30N4O4. The van der Waals surface area contributed by atoms with Crippen molar-refractivity contribution in [3.05, 3.63) is 29.3 Å². The number of benzene rings is 1. The lowest BCUT2D eigenvalue weighted by Crippen LogP contribution is -2.48. The van der Waals surface area contributed by atoms with Gasteiger partial charge >= 0.3 is 5.97 Å². The van der Waals surface area contributed by atoms with Crippen LogP contribution in [-0.2, 0) is 20.7 Å². The molecule has 2 aliphatic heterocycles. The summed E-state index contributed by atoms with van der Waals surface area (Å²) in [6, 6.07) is 5.36. The van der Waals surface area contributed by atoms with Crippen molar-refractivity contribution in [1.29, 1.82) is 0 Å². The Bertz CT molecular complexity index is 761. The van der Waals surface area contributed by atoms with E-state index in [9.17, 15) is 14.4 Å². The first-order valence-corrected chi connectivity index (χ1v) is 10.4. The highest BCUT2D eigenvalue weighted by Gasteiger charge is 2.28. The number of piperazine rings is 1. The Balaban J connectivity index is 1.65. The molecule has 2 aliphatic rings. The minimum Gasteiger partial charge on any atom is -0.464 e. The molecule has 0 aliphatic carbocycles. The number of carbonyl (C=O) groups excluding carboxylic acids is 3. The van der Waals surface area contributed by atoms with Crippen LogP contribution in [0.4, 0.5) is 5.69 Å². The van der Waals surface area contributed by atoms with Crippen molar-refractivity contribution >= 4 is 23.5 Å². The Kier molecular flexibility index (Phi) is 7.09. The Morgan fingerprint density at radius 3 is 2.66 bits per heavy atom. The van der Waals surface area contributed by atoms with Crippen molar-refractivity contribution < 1.29 is 19.1 Å². The third kappa shape index (κ3) is 5.06. The van der Waals surface area contributed by atoms with Crippen molar-refractivity contribution in [3.63, 3.8) is 0 Å². The van der Waals surface area contributed by atoms with E-state index < -0.39 is 12.0 Å². The summed E-state index contributed by atoms with van der Waals surface area (Å²) in [5.41, 5.74) is 2.72. The van der Waals surface area contributed by atoms with Gasteiger partial charge in [0.15, 0.2) is 0 Å². The van der Waals surface area contributed by atoms with Crippen molar-refractivity contribution in [2.45, 2.75) is 32.7 Å². The van der Waals surface area contributed by atoms with E-state index in [1.54, 1.807) is 11.8 Å². The number of hydrogen-bond donors (Lipinski definition) is 2. The van der Waals surface area contributed by atoms with Crippen molar-refractivity contribution in [1.82, 2.24) is 15.5 Å². The zero-order chi connectivity index (χ0) is 20.8. The number of nitrogens with zero attached hydrogens (tertiary/aromatic N) is 2. The van der Waals surface area contributed by atoms with Crippen LogP contribution in [0.1, 0.15) is 36.2 Å². The van der Waals surface area contributed by atoms with Gasteiger partial charge in [0.2, 0.25) is 5.91 Å². The van der Waals surface area contributed by atoms with Gasteiger partial charge in [0, 0.05) is 44.0 Å². The number of rotatable bonds is 7. The molecule has 29 heavy (non-hydrogen) atoms. The summed E-state index contributed by atoms with van der Waals surface area (Å²) in [5, 5.41) is 6.01. The first-order chi connectivity index (χ1) is 14.0. The Hall–Kier alpha value is -2.61. The molecule has 1 saturated heterocycles. The lowest BCUT2D eigenvalue weighted by atomic mass is 9.97. The molecule has 1 aromatic rings. The van der Waals surface area contributed by atoms with Crippen LogP contribution in [0.5, 0.6) is 0 Å². The summed E-state index contributed by atoms with van der Waals surface area (Å²) in [4.78, 5) is 41.1. The van der Waals surface area contributed by atoms with Gasteiger partial charge in [0.1, 0.15) is 6.04 Å². The van der Waals surface area contributed by atoms with Gasteiger partial charge in [-0.2, -0.15) is 0 Å². The molecule has 0 spiro atoms. The van der Waals surface area contributed by atoms with Crippen molar-refractivity contribution in [2.24, 2.45) is 0 Å². The van der Waals surface area contributed by atoms with Crippen LogP contribution in [0.25, 0.3) is 0 Å². The fourth-order valence-corrected chi connectivity index (χ4v) is 3.76. The molecule has 1 unspecified atom stereocenters. The summed E-state index contributed by atoms with van der Waals surface area (Å²) in [5.74, 6) is -0.929. The topological polar surface area (TPSA) is 91.0 Å². The molecule has 2 amide bonds. The Labute approximate surface area is 171 Å². The van der Waals surface area contributed by atoms with E-state index in [0.717, 1.165) is 37.4 Å². The number of nitrogens with one attached hydrogen (secondary N) is 2. The smallest absolute Gasteiger partial charge is 0.328 e. The lowest BCUT2D eigenvalue weighted by Gasteiger charge is -2.32. The van der Waals surface area contributed by atoms with E-state index >= 15 is 0 Å². The summed E-state index contributed by atoms with van der Waals surface area (Å²) in [6.07, 6.45) is 1.15. The maximum atomic E-state index is 13.0. The van der Waals surface area contributed by atoms with E-state index in [-0.39, 0.29) is 25.0 Å². The summed E-state index contributed by atoms with van der Waals surface area (Å²) >= 11 is 0. The number of ether oxygens (including phenoxy) is 1. The molecule has 8 nitrogen and oxygen atoms in total. The number of esters is 1. The molecule has 1 atom stereocenters. The highest BCUT2D eigenvalue weighted by Crippen LogP contribution is 2.25. The van der Waals surface area contributed by atoms with Crippen molar-refractivity contribution in [3.8, 4) is 0 Å². The molecule has 3 rings (SSSR count). The number of anilines is 1. The highest BCUT2D eigenvalue weighted by atomic mass is 16.5. The zero-order valence-corrected chi connectivity index (χ0v) is 17.2. The average Bonchev–Trinajstić information content (AvgIpc) is 2.74. The third-order valence-electron chi connectivity index (χ3n) is 5.39. The predicted molar refractivity (Wildman–Crippen MR) is 110 cm³/mol. The molecular weight excluding hydrogens is 372 g/mol. The molecule has 158 valence electrons. The highest BCUT2D eigenvalue weighted by molar-refractivity contribution is 6.00. The van der Waals surface area contributed by atoms with Gasteiger partial charge < -0.3 is 25.2 Å². The average molecular weight is 402 g/mol. The van der Waals surface area contributed by atoms with Crippen LogP contribution >= 0.6 is 0 Å². The largest absolute Gasteiger partial charge is 0.464 e. The second kappa shape index (κ2) is 9.73. The molecule has 1 aromatic carbocycles. The second-order valence-electron chi connectivity index (χ2n) is 7.34. The summed E-state index contributed by atoms with van der Waals surface area (Å²) < 4.78 is 4.98. The van der Waals surface area contributed by atoms with Crippen LogP contribution in [0.3, 0.4) is 0 Å². The molecule has 8 heteroatoms. The number of hydrogen-bond acceptors (Lipinski definition) is 6. The fourth-order valence-electron chi connectivity index (χ4n) is 3.76. The third-order valence-corrected chi connectivity index (χ3v) is 5.39. The van der Waals surface area contributed by atoms with Gasteiger partial charge in [0.25, 0.3) is 5.91 Å². The first kappa shape index (κ1) is 21.1. The minimum absolute atomic E-state index is 0.0635. The van der Waals surface area contributed by atoms with Gasteiger partial charge in [-0.1, -0.05) is 13.0 Å². The second-order valence-corrected chi connectivity index (χ2v) is 7.34. The zero-order valence-electron chi connectivity index (χ0n) is 17.2. The molecule has 0 aromatic heterocycles. The monoisotopic (exact) mass is 402 g/mol. The van der Waals surface area contributed by atoms with Gasteiger partial charge in [-0.25, -0.2) is 4.79 Å². The van der Waals surface area contributed by atoms with Crippen LogP contribution in [0.2, 0.25) is 0 Å². The Morgan fingerprint density at radius 2 is 1.97 bits per heavy atom. The van der Waals surface area contributed by atoms with Gasteiger partial charge in [-0.05, 0) is 37.5 Å². The quantitative estimate of drug-likeness (QED) is 0.648. The van der Waals surface area contributed by atoms with Gasteiger partial charge in [-0.3, -0.25) is 9.59 Å². The van der Waals surface area contributed by atoms with E-state index in [1.165, 1.54) is 0 Å². The molecule has 0 bridgehead atoms. The van der Waals surface area contributed by atoms with E-state index in [4.69, 9.17) is 4.74 Å².